The van der Waals surface area contributed by atoms with Crippen LogP contribution in [0, 0.1) is 6.92 Å². The number of piperidine rings is 1. The van der Waals surface area contributed by atoms with Crippen LogP contribution in [0.25, 0.3) is 0 Å². The number of benzene rings is 1. The molecule has 1 unspecified atom stereocenters. The first-order valence-electron chi connectivity index (χ1n) is 8.92. The number of nitrogens with one attached hydrogen (secondary N) is 1. The lowest BCUT2D eigenvalue weighted by Crippen LogP contribution is -2.48. The van der Waals surface area contributed by atoms with E-state index < -0.39 is 0 Å². The van der Waals surface area contributed by atoms with Gasteiger partial charge in [0.25, 0.3) is 0 Å². The second-order valence-electron chi connectivity index (χ2n) is 6.83. The van der Waals surface area contributed by atoms with Crippen molar-refractivity contribution in [2.45, 2.75) is 49.3 Å². The molecule has 1 saturated heterocycles. The van der Waals surface area contributed by atoms with Crippen LogP contribution in [0.1, 0.15) is 31.7 Å². The number of hydrogen-bond donors (Lipinski definition) is 1. The molecule has 1 aromatic carbocycles. The third-order valence-electron chi connectivity index (χ3n) is 4.71. The van der Waals surface area contributed by atoms with Gasteiger partial charge >= 0.3 is 6.03 Å². The number of nitrogens with zero attached hydrogens (tertiary/aromatic N) is 2. The second-order valence-corrected chi connectivity index (χ2v) is 8.21. The largest absolute Gasteiger partial charge is 0.336 e. The first kappa shape index (κ1) is 19.1. The Labute approximate surface area is 151 Å². The first-order valence-corrected chi connectivity index (χ1v) is 9.80. The van der Waals surface area contributed by atoms with E-state index in [1.54, 1.807) is 0 Å². The zero-order chi connectivity index (χ0) is 17.5. The van der Waals surface area contributed by atoms with Crippen LogP contribution in [0.2, 0.25) is 0 Å². The molecule has 1 aromatic rings. The molecule has 1 aliphatic heterocycles. The molecule has 1 N–H and O–H groups in total. The van der Waals surface area contributed by atoms with Crippen LogP contribution >= 0.6 is 11.8 Å². The van der Waals surface area contributed by atoms with Gasteiger partial charge in [-0.15, -0.1) is 11.8 Å². The minimum Gasteiger partial charge on any atom is -0.336 e. The SMILES string of the molecule is CCC(CNC(=O)N1CCC(Sc2cccc(C)c2)CC1)N(C)C. The summed E-state index contributed by atoms with van der Waals surface area (Å²) < 4.78 is 0. The fourth-order valence-corrected chi connectivity index (χ4v) is 4.31. The van der Waals surface area contributed by atoms with Gasteiger partial charge in [-0.2, -0.15) is 0 Å². The Bertz CT molecular complexity index is 527. The fourth-order valence-electron chi connectivity index (χ4n) is 3.07. The van der Waals surface area contributed by atoms with E-state index in [-0.39, 0.29) is 6.03 Å². The van der Waals surface area contributed by atoms with Gasteiger partial charge in [-0.25, -0.2) is 4.79 Å². The van der Waals surface area contributed by atoms with Crippen molar-refractivity contribution in [1.29, 1.82) is 0 Å². The van der Waals surface area contributed by atoms with Gasteiger partial charge in [0.1, 0.15) is 0 Å². The molecule has 5 heteroatoms. The monoisotopic (exact) mass is 349 g/mol. The van der Waals surface area contributed by atoms with Crippen molar-refractivity contribution in [3.63, 3.8) is 0 Å². The Hall–Kier alpha value is -1.20. The molecule has 134 valence electrons. The molecule has 2 amide bonds. The molecular formula is C19H31N3OS. The highest BCUT2D eigenvalue weighted by Gasteiger charge is 2.23. The van der Waals surface area contributed by atoms with Crippen molar-refractivity contribution >= 4 is 17.8 Å². The molecular weight excluding hydrogens is 318 g/mol. The molecule has 24 heavy (non-hydrogen) atoms. The smallest absolute Gasteiger partial charge is 0.317 e. The third kappa shape index (κ3) is 5.71. The van der Waals surface area contributed by atoms with Crippen LogP contribution in [0.15, 0.2) is 29.2 Å². The van der Waals surface area contributed by atoms with E-state index in [1.165, 1.54) is 10.5 Å². The predicted octanol–water partition coefficient (Wildman–Crippen LogP) is 3.60. The molecule has 1 fully saturated rings. The number of rotatable bonds is 6. The lowest BCUT2D eigenvalue weighted by atomic mass is 10.1. The molecule has 0 aromatic heterocycles. The number of amides is 2. The number of likely N-dealkylation sites (tertiary alicyclic amines) is 1. The summed E-state index contributed by atoms with van der Waals surface area (Å²) in [5, 5.41) is 3.71. The van der Waals surface area contributed by atoms with Crippen molar-refractivity contribution in [2.24, 2.45) is 0 Å². The van der Waals surface area contributed by atoms with Crippen molar-refractivity contribution in [3.05, 3.63) is 29.8 Å². The Morgan fingerprint density at radius 3 is 2.67 bits per heavy atom. The van der Waals surface area contributed by atoms with Crippen LogP contribution in [-0.2, 0) is 0 Å². The summed E-state index contributed by atoms with van der Waals surface area (Å²) in [7, 11) is 4.13. The molecule has 1 heterocycles. The molecule has 4 nitrogen and oxygen atoms in total. The summed E-state index contributed by atoms with van der Waals surface area (Å²) in [6.07, 6.45) is 3.18. The number of urea groups is 1. The summed E-state index contributed by atoms with van der Waals surface area (Å²) in [6.45, 7) is 6.72. The van der Waals surface area contributed by atoms with Gasteiger partial charge in [0, 0.05) is 35.8 Å². The Balaban J connectivity index is 1.74. The molecule has 0 radical (unpaired) electrons. The van der Waals surface area contributed by atoms with Crippen LogP contribution in [0.4, 0.5) is 4.79 Å². The van der Waals surface area contributed by atoms with E-state index >= 15 is 0 Å². The molecule has 1 aliphatic rings. The minimum absolute atomic E-state index is 0.0919. The summed E-state index contributed by atoms with van der Waals surface area (Å²) in [5.74, 6) is 0. The van der Waals surface area contributed by atoms with E-state index in [2.05, 4.69) is 62.4 Å². The summed E-state index contributed by atoms with van der Waals surface area (Å²) >= 11 is 1.95. The van der Waals surface area contributed by atoms with E-state index in [9.17, 15) is 4.79 Å². The van der Waals surface area contributed by atoms with E-state index in [1.807, 2.05) is 16.7 Å². The highest BCUT2D eigenvalue weighted by Crippen LogP contribution is 2.30. The molecule has 2 rings (SSSR count). The quantitative estimate of drug-likeness (QED) is 0.852. The lowest BCUT2D eigenvalue weighted by Gasteiger charge is -2.32. The topological polar surface area (TPSA) is 35.6 Å². The molecule has 0 saturated carbocycles. The third-order valence-corrected chi connectivity index (χ3v) is 6.04. The number of carbonyl (C=O) groups excluding carboxylic acids is 1. The van der Waals surface area contributed by atoms with Crippen LogP contribution in [0.3, 0.4) is 0 Å². The second kappa shape index (κ2) is 9.33. The van der Waals surface area contributed by atoms with Crippen molar-refractivity contribution in [2.75, 3.05) is 33.7 Å². The van der Waals surface area contributed by atoms with Gasteiger partial charge in [0.2, 0.25) is 0 Å². The van der Waals surface area contributed by atoms with Gasteiger partial charge in [-0.3, -0.25) is 0 Å². The van der Waals surface area contributed by atoms with E-state index in [0.29, 0.717) is 11.3 Å². The van der Waals surface area contributed by atoms with E-state index in [4.69, 9.17) is 0 Å². The normalized spacial score (nSPS) is 17.1. The maximum atomic E-state index is 12.3. The van der Waals surface area contributed by atoms with Crippen molar-refractivity contribution < 1.29 is 4.79 Å². The molecule has 0 bridgehead atoms. The van der Waals surface area contributed by atoms with Crippen LogP contribution in [-0.4, -0.2) is 60.9 Å². The van der Waals surface area contributed by atoms with Crippen LogP contribution in [0.5, 0.6) is 0 Å². The standard InChI is InChI=1S/C19H31N3OS/c1-5-16(21(3)4)14-20-19(23)22-11-9-17(10-12-22)24-18-8-6-7-15(2)13-18/h6-8,13,16-17H,5,9-12,14H2,1-4H3,(H,20,23). The molecule has 0 aliphatic carbocycles. The fraction of sp³-hybridized carbons (Fsp3) is 0.632. The Kier molecular flexibility index (Phi) is 7.43. The first-order chi connectivity index (χ1) is 11.5. The van der Waals surface area contributed by atoms with Gasteiger partial charge in [-0.1, -0.05) is 24.6 Å². The molecule has 1 atom stereocenters. The number of likely N-dealkylation sites (N-methyl/N-ethyl adjacent to an activating group) is 1. The van der Waals surface area contributed by atoms with Gasteiger partial charge in [-0.05, 0) is 52.4 Å². The van der Waals surface area contributed by atoms with Crippen molar-refractivity contribution in [3.8, 4) is 0 Å². The Morgan fingerprint density at radius 2 is 2.08 bits per heavy atom. The number of carbonyl (C=O) groups is 1. The summed E-state index contributed by atoms with van der Waals surface area (Å²) in [6, 6.07) is 9.18. The van der Waals surface area contributed by atoms with Gasteiger partial charge < -0.3 is 15.1 Å². The summed E-state index contributed by atoms with van der Waals surface area (Å²) in [4.78, 5) is 17.8. The predicted molar refractivity (Wildman–Crippen MR) is 103 cm³/mol. The number of hydrogen-bond acceptors (Lipinski definition) is 3. The minimum atomic E-state index is 0.0919. The van der Waals surface area contributed by atoms with Crippen molar-refractivity contribution in [1.82, 2.24) is 15.1 Å². The van der Waals surface area contributed by atoms with E-state index in [0.717, 1.165) is 38.9 Å². The summed E-state index contributed by atoms with van der Waals surface area (Å²) in [5.41, 5.74) is 1.31. The van der Waals surface area contributed by atoms with Gasteiger partial charge in [0.15, 0.2) is 0 Å². The highest BCUT2D eigenvalue weighted by atomic mass is 32.2. The maximum Gasteiger partial charge on any atom is 0.317 e. The Morgan fingerprint density at radius 1 is 1.38 bits per heavy atom. The van der Waals surface area contributed by atoms with Gasteiger partial charge in [0.05, 0.1) is 0 Å². The number of aryl methyl sites for hydroxylation is 1. The lowest BCUT2D eigenvalue weighted by molar-refractivity contribution is 0.182. The zero-order valence-corrected chi connectivity index (χ0v) is 16.2. The average molecular weight is 350 g/mol. The zero-order valence-electron chi connectivity index (χ0n) is 15.4. The average Bonchev–Trinajstić information content (AvgIpc) is 2.55. The maximum absolute atomic E-state index is 12.3. The molecule has 0 spiro atoms. The number of thioether (sulfide) groups is 1. The highest BCUT2D eigenvalue weighted by molar-refractivity contribution is 8.00. The van der Waals surface area contributed by atoms with Crippen LogP contribution < -0.4 is 5.32 Å².